The number of aromatic nitrogens is 6. The van der Waals surface area contributed by atoms with Gasteiger partial charge in [-0.3, -0.25) is 14.3 Å². The van der Waals surface area contributed by atoms with Gasteiger partial charge in [0.1, 0.15) is 11.5 Å². The number of amides is 1. The molecule has 0 unspecified atom stereocenters. The lowest BCUT2D eigenvalue weighted by Crippen LogP contribution is -2.37. The van der Waals surface area contributed by atoms with Gasteiger partial charge in [0.2, 0.25) is 0 Å². The highest BCUT2D eigenvalue weighted by Crippen LogP contribution is 2.34. The van der Waals surface area contributed by atoms with Crippen LogP contribution < -0.4 is 19.8 Å². The van der Waals surface area contributed by atoms with Crippen LogP contribution in [-0.4, -0.2) is 77.0 Å². The molecule has 1 aliphatic carbocycles. The molecule has 2 N–H and O–H groups in total. The van der Waals surface area contributed by atoms with Crippen molar-refractivity contribution in [1.82, 2.24) is 34.7 Å². The van der Waals surface area contributed by atoms with E-state index in [9.17, 15) is 18.0 Å². The highest BCUT2D eigenvalue weighted by Gasteiger charge is 2.29. The highest BCUT2D eigenvalue weighted by atomic mass is 32.2. The van der Waals surface area contributed by atoms with E-state index in [2.05, 4.69) is 30.1 Å². The van der Waals surface area contributed by atoms with Crippen molar-refractivity contribution in [3.05, 3.63) is 89.9 Å². The second kappa shape index (κ2) is 18.2. The number of piperidine rings is 1. The lowest BCUT2D eigenvalue weighted by atomic mass is 9.96. The summed E-state index contributed by atoms with van der Waals surface area (Å²) >= 11 is 1.52. The van der Waals surface area contributed by atoms with Gasteiger partial charge >= 0.3 is 5.97 Å². The maximum atomic E-state index is 14.3. The van der Waals surface area contributed by atoms with Gasteiger partial charge in [-0.05, 0) is 112 Å². The third-order valence-corrected chi connectivity index (χ3v) is 14.0. The number of benzene rings is 2. The van der Waals surface area contributed by atoms with Gasteiger partial charge in [0.15, 0.2) is 16.8 Å². The van der Waals surface area contributed by atoms with Crippen LogP contribution in [0.5, 0.6) is 0 Å². The third kappa shape index (κ3) is 9.43. The largest absolute Gasteiger partial charge is 0.465 e. The maximum Gasteiger partial charge on any atom is 0.309 e. The number of esters is 1. The quantitative estimate of drug-likeness (QED) is 0.100. The molecule has 2 aromatic carbocycles. The Morgan fingerprint density at radius 2 is 1.66 bits per heavy atom. The summed E-state index contributed by atoms with van der Waals surface area (Å²) in [5, 5.41) is 17.6. The van der Waals surface area contributed by atoms with E-state index in [0.29, 0.717) is 72.2 Å². The van der Waals surface area contributed by atoms with Crippen molar-refractivity contribution in [3.8, 4) is 11.1 Å². The number of anilines is 5. The van der Waals surface area contributed by atoms with E-state index >= 15 is 0 Å². The smallest absolute Gasteiger partial charge is 0.309 e. The van der Waals surface area contributed by atoms with Crippen LogP contribution in [0.2, 0.25) is 0 Å². The first-order valence-corrected chi connectivity index (χ1v) is 23.5. The van der Waals surface area contributed by atoms with Gasteiger partial charge in [-0.2, -0.15) is 5.10 Å². The molecular formula is C45H52N10O5S2. The van der Waals surface area contributed by atoms with Crippen molar-refractivity contribution in [1.29, 1.82) is 0 Å². The van der Waals surface area contributed by atoms with E-state index < -0.39 is 15.9 Å². The minimum absolute atomic E-state index is 0.0672. The van der Waals surface area contributed by atoms with E-state index in [1.165, 1.54) is 36.3 Å². The third-order valence-electron chi connectivity index (χ3n) is 11.7. The highest BCUT2D eigenvalue weighted by molar-refractivity contribution is 7.90. The monoisotopic (exact) mass is 876 g/mol. The summed E-state index contributed by atoms with van der Waals surface area (Å²) in [5.74, 6) is 0.985. The number of rotatable bonds is 14. The molecule has 5 heterocycles. The SMILES string of the molecule is Cc1cc(N(C)c2ccc(-c3cnn(CC4CCCC4)c3C)c(C(=O)NS(=O)(=O)c3ccc(N4CCC(C(=O)OCC(C)C)CC4)cc3)n2)nnc1Nc1nc2ccccc2s1. The Balaban J connectivity index is 1.02. The standard InChI is InChI=1S/C45H52N10O5S2/c1-28(2)27-60-44(57)32-20-22-54(23-21-32)33-14-16-34(17-15-33)62(58,59)52-43(56)41-35(36-25-46-55(30(36)4)26-31-10-6-7-11-31)18-19-39(48-41)53(5)40-24-29(3)42(51-50-40)49-45-47-37-12-8-9-13-38(37)61-45/h8-9,12-19,24-25,28,31-32H,6-7,10-11,20-23,26-27H2,1-5H3,(H,52,56)(H,47,49,51). The molecule has 0 spiro atoms. The lowest BCUT2D eigenvalue weighted by molar-refractivity contribution is -0.150. The Labute approximate surface area is 366 Å². The average molecular weight is 877 g/mol. The molecule has 6 aromatic rings. The van der Waals surface area contributed by atoms with Gasteiger partial charge < -0.3 is 19.9 Å². The first-order valence-electron chi connectivity index (χ1n) is 21.2. The van der Waals surface area contributed by atoms with Crippen LogP contribution in [0.25, 0.3) is 21.3 Å². The normalized spacial score (nSPS) is 15.0. The number of para-hydroxylation sites is 1. The molecule has 4 aromatic heterocycles. The van der Waals surface area contributed by atoms with Gasteiger partial charge in [-0.15, -0.1) is 10.2 Å². The predicted octanol–water partition coefficient (Wildman–Crippen LogP) is 8.20. The number of carbonyl (C=O) groups is 2. The molecule has 8 rings (SSSR count). The summed E-state index contributed by atoms with van der Waals surface area (Å²) in [5.41, 5.74) is 4.46. The van der Waals surface area contributed by atoms with Crippen molar-refractivity contribution in [3.63, 3.8) is 0 Å². The number of hydrogen-bond donors (Lipinski definition) is 2. The second-order valence-corrected chi connectivity index (χ2v) is 19.4. The summed E-state index contributed by atoms with van der Waals surface area (Å²) in [7, 11) is -2.56. The summed E-state index contributed by atoms with van der Waals surface area (Å²) in [6.07, 6.45) is 7.74. The van der Waals surface area contributed by atoms with Crippen LogP contribution >= 0.6 is 11.3 Å². The fraction of sp³-hybridized carbons (Fsp3) is 0.400. The van der Waals surface area contributed by atoms with Crippen LogP contribution in [0, 0.1) is 31.6 Å². The first kappa shape index (κ1) is 42.7. The van der Waals surface area contributed by atoms with E-state index in [4.69, 9.17) is 14.8 Å². The van der Waals surface area contributed by atoms with Gasteiger partial charge in [0, 0.05) is 49.2 Å². The summed E-state index contributed by atoms with van der Waals surface area (Å²) in [6.45, 7) is 10.3. The van der Waals surface area contributed by atoms with Gasteiger partial charge in [0.05, 0.1) is 33.8 Å². The second-order valence-electron chi connectivity index (χ2n) is 16.7. The van der Waals surface area contributed by atoms with E-state index in [1.807, 2.05) is 62.7 Å². The number of thiazole rings is 1. The Bertz CT molecular complexity index is 2650. The molecule has 62 heavy (non-hydrogen) atoms. The summed E-state index contributed by atoms with van der Waals surface area (Å²) in [6, 6.07) is 19.7. The van der Waals surface area contributed by atoms with Crippen molar-refractivity contribution < 1.29 is 22.7 Å². The summed E-state index contributed by atoms with van der Waals surface area (Å²) in [4.78, 5) is 40.0. The fourth-order valence-electron chi connectivity index (χ4n) is 8.07. The number of sulfonamides is 1. The van der Waals surface area contributed by atoms with Crippen molar-refractivity contribution in [2.75, 3.05) is 41.9 Å². The number of fused-ring (bicyclic) bond motifs is 1. The molecule has 2 aliphatic rings. The molecule has 0 radical (unpaired) electrons. The zero-order chi connectivity index (χ0) is 43.5. The minimum atomic E-state index is -4.33. The van der Waals surface area contributed by atoms with Crippen molar-refractivity contribution >= 4 is 71.7 Å². The number of ether oxygens (including phenoxy) is 1. The van der Waals surface area contributed by atoms with Crippen LogP contribution in [-0.2, 0) is 26.1 Å². The number of aryl methyl sites for hydroxylation is 1. The van der Waals surface area contributed by atoms with Crippen LogP contribution in [0.3, 0.4) is 0 Å². The number of nitrogens with zero attached hydrogens (tertiary/aromatic N) is 8. The molecule has 15 nitrogen and oxygen atoms in total. The van der Waals surface area contributed by atoms with E-state index in [0.717, 1.165) is 46.5 Å². The van der Waals surface area contributed by atoms with E-state index in [-0.39, 0.29) is 28.4 Å². The average Bonchev–Trinajstić information content (AvgIpc) is 4.03. The molecule has 1 saturated heterocycles. The minimum Gasteiger partial charge on any atom is -0.465 e. The van der Waals surface area contributed by atoms with Crippen LogP contribution in [0.1, 0.15) is 74.1 Å². The number of carbonyl (C=O) groups excluding carboxylic acids is 2. The topological polar surface area (TPSA) is 177 Å². The van der Waals surface area contributed by atoms with E-state index in [1.54, 1.807) is 42.4 Å². The van der Waals surface area contributed by atoms with Crippen molar-refractivity contribution in [2.45, 2.75) is 77.7 Å². The molecule has 2 fully saturated rings. The zero-order valence-corrected chi connectivity index (χ0v) is 37.3. The lowest BCUT2D eigenvalue weighted by Gasteiger charge is -2.32. The van der Waals surface area contributed by atoms with Gasteiger partial charge in [0.25, 0.3) is 15.9 Å². The molecule has 1 amide bonds. The number of hydrogen-bond acceptors (Lipinski definition) is 14. The Morgan fingerprint density at radius 3 is 2.37 bits per heavy atom. The zero-order valence-electron chi connectivity index (χ0n) is 35.7. The summed E-state index contributed by atoms with van der Waals surface area (Å²) < 4.78 is 38.5. The fourth-order valence-corrected chi connectivity index (χ4v) is 9.88. The molecule has 1 saturated carbocycles. The number of nitrogens with one attached hydrogen (secondary N) is 2. The molecule has 0 bridgehead atoms. The number of pyridine rings is 1. The molecule has 324 valence electrons. The Hall–Kier alpha value is -5.94. The Morgan fingerprint density at radius 1 is 0.919 bits per heavy atom. The van der Waals surface area contributed by atoms with Crippen LogP contribution in [0.15, 0.2) is 77.8 Å². The van der Waals surface area contributed by atoms with Crippen LogP contribution in [0.4, 0.5) is 28.3 Å². The molecular weight excluding hydrogens is 825 g/mol. The molecule has 1 aliphatic heterocycles. The van der Waals surface area contributed by atoms with Gasteiger partial charge in [-0.1, -0.05) is 50.2 Å². The molecule has 17 heteroatoms. The Kier molecular flexibility index (Phi) is 12.5. The molecule has 0 atom stereocenters. The van der Waals surface area contributed by atoms with Gasteiger partial charge in [-0.25, -0.2) is 23.1 Å². The van der Waals surface area contributed by atoms with Crippen molar-refractivity contribution in [2.24, 2.45) is 17.8 Å². The predicted molar refractivity (Wildman–Crippen MR) is 242 cm³/mol. The maximum absolute atomic E-state index is 14.3. The first-order chi connectivity index (χ1) is 29.8.